The normalized spacial score (nSPS) is 14.8. The van der Waals surface area contributed by atoms with Crippen LogP contribution in [-0.2, 0) is 4.74 Å². The molecule has 4 nitrogen and oxygen atoms in total. The first kappa shape index (κ1) is 12.9. The van der Waals surface area contributed by atoms with E-state index < -0.39 is 23.8 Å². The van der Waals surface area contributed by atoms with Crippen LogP contribution in [0, 0.1) is 5.82 Å². The average Bonchev–Trinajstić information content (AvgIpc) is 2.25. The number of nitrogens with one attached hydrogen (secondary N) is 1. The van der Waals surface area contributed by atoms with Crippen molar-refractivity contribution in [3.63, 3.8) is 0 Å². The number of aliphatic hydroxyl groups is 1. The molecule has 0 aliphatic carbocycles. The topological polar surface area (TPSA) is 61.7 Å². The number of aliphatic hydroxyl groups excluding tert-OH is 1. The highest BCUT2D eigenvalue weighted by Crippen LogP contribution is 2.25. The van der Waals surface area contributed by atoms with Crippen molar-refractivity contribution in [3.05, 3.63) is 29.6 Å². The molecule has 3 N–H and O–H groups in total. The van der Waals surface area contributed by atoms with Gasteiger partial charge in [0.05, 0.1) is 6.10 Å². The van der Waals surface area contributed by atoms with Crippen molar-refractivity contribution >= 4 is 0 Å². The number of hydrogen-bond acceptors (Lipinski definition) is 4. The van der Waals surface area contributed by atoms with Crippen molar-refractivity contribution in [2.24, 2.45) is 0 Å². The Morgan fingerprint density at radius 2 is 2.19 bits per heavy atom. The Balaban J connectivity index is 2.90. The average molecular weight is 228 g/mol. The maximum atomic E-state index is 12.8. The van der Waals surface area contributed by atoms with E-state index in [-0.39, 0.29) is 0 Å². The summed E-state index contributed by atoms with van der Waals surface area (Å²) in [7, 11) is 3.15. The third-order valence-corrected chi connectivity index (χ3v) is 2.32. The molecule has 0 aliphatic rings. The summed E-state index contributed by atoms with van der Waals surface area (Å²) in [6.07, 6.45) is -1.36. The number of methoxy groups -OCH3 is 1. The van der Waals surface area contributed by atoms with E-state index in [9.17, 15) is 14.6 Å². The van der Waals surface area contributed by atoms with Crippen LogP contribution in [0.2, 0.25) is 0 Å². The SMILES string of the molecule is CNCC(O)C(OC)c1ccc([18F])c(O)c1. The predicted octanol–water partition coefficient (Wildman–Crippen LogP) is 0.799. The Hall–Kier alpha value is -1.17. The van der Waals surface area contributed by atoms with Crippen LogP contribution in [0.3, 0.4) is 0 Å². The number of rotatable bonds is 5. The molecule has 1 aromatic rings. The molecule has 0 saturated heterocycles. The number of aromatic hydroxyl groups is 1. The molecule has 1 rings (SSSR count). The number of hydrogen-bond donors (Lipinski definition) is 3. The first-order chi connectivity index (χ1) is 7.60. The zero-order valence-electron chi connectivity index (χ0n) is 9.27. The first-order valence-electron chi connectivity index (χ1n) is 4.94. The molecule has 0 spiro atoms. The third kappa shape index (κ3) is 2.91. The van der Waals surface area contributed by atoms with E-state index in [2.05, 4.69) is 5.32 Å². The lowest BCUT2D eigenvalue weighted by Crippen LogP contribution is -2.30. The van der Waals surface area contributed by atoms with Crippen LogP contribution in [-0.4, -0.2) is 37.0 Å². The second-order valence-electron chi connectivity index (χ2n) is 3.49. The van der Waals surface area contributed by atoms with Crippen molar-refractivity contribution in [1.29, 1.82) is 0 Å². The molecule has 1 aromatic carbocycles. The second-order valence-corrected chi connectivity index (χ2v) is 3.49. The Bertz CT molecular complexity index is 346. The molecule has 90 valence electrons. The monoisotopic (exact) mass is 228 g/mol. The van der Waals surface area contributed by atoms with E-state index in [1.165, 1.54) is 19.2 Å². The van der Waals surface area contributed by atoms with E-state index in [0.717, 1.165) is 6.07 Å². The summed E-state index contributed by atoms with van der Waals surface area (Å²) in [5.74, 6) is -1.14. The zero-order chi connectivity index (χ0) is 12.1. The van der Waals surface area contributed by atoms with E-state index in [0.29, 0.717) is 12.1 Å². The van der Waals surface area contributed by atoms with Crippen molar-refractivity contribution < 1.29 is 19.3 Å². The van der Waals surface area contributed by atoms with Gasteiger partial charge in [-0.1, -0.05) is 6.07 Å². The highest BCUT2D eigenvalue weighted by Gasteiger charge is 2.21. The van der Waals surface area contributed by atoms with Gasteiger partial charge in [-0.15, -0.1) is 0 Å². The molecule has 0 aromatic heterocycles. The van der Waals surface area contributed by atoms with Crippen LogP contribution in [0.15, 0.2) is 18.2 Å². The first-order valence-corrected chi connectivity index (χ1v) is 4.94. The highest BCUT2D eigenvalue weighted by atomic mass is 18.2. The van der Waals surface area contributed by atoms with Crippen molar-refractivity contribution in [2.75, 3.05) is 20.7 Å². The Morgan fingerprint density at radius 3 is 2.69 bits per heavy atom. The van der Waals surface area contributed by atoms with Gasteiger partial charge in [-0.3, -0.25) is 0 Å². The Labute approximate surface area is 93.7 Å². The van der Waals surface area contributed by atoms with Gasteiger partial charge in [0.2, 0.25) is 0 Å². The maximum absolute atomic E-state index is 12.8. The molecule has 5 heteroatoms. The van der Waals surface area contributed by atoms with Gasteiger partial charge in [-0.25, -0.2) is 4.39 Å². The van der Waals surface area contributed by atoms with Gasteiger partial charge in [0, 0.05) is 13.7 Å². The number of benzene rings is 1. The standard InChI is InChI=1S/C11H16FNO3/c1-13-6-10(15)11(16-2)7-3-4-8(12)9(14)5-7/h3-5,10-11,13-15H,6H2,1-2H3/i12-1. The van der Waals surface area contributed by atoms with Crippen molar-refractivity contribution in [3.8, 4) is 5.75 Å². The van der Waals surface area contributed by atoms with Crippen LogP contribution < -0.4 is 5.32 Å². The fraction of sp³-hybridized carbons (Fsp3) is 0.455. The minimum Gasteiger partial charge on any atom is -0.505 e. The van der Waals surface area contributed by atoms with Gasteiger partial charge < -0.3 is 20.3 Å². The fourth-order valence-electron chi connectivity index (χ4n) is 1.54. The van der Waals surface area contributed by atoms with Gasteiger partial charge >= 0.3 is 0 Å². The van der Waals surface area contributed by atoms with Crippen LogP contribution in [0.4, 0.5) is 4.39 Å². The van der Waals surface area contributed by atoms with Crippen LogP contribution in [0.5, 0.6) is 5.75 Å². The predicted molar refractivity (Wildman–Crippen MR) is 57.7 cm³/mol. The van der Waals surface area contributed by atoms with Crippen LogP contribution in [0.1, 0.15) is 11.7 Å². The molecule has 2 unspecified atom stereocenters. The molecule has 0 saturated carbocycles. The number of phenols is 1. The van der Waals surface area contributed by atoms with Gasteiger partial charge in [-0.05, 0) is 24.7 Å². The minimum absolute atomic E-state index is 0.344. The molecule has 0 radical (unpaired) electrons. The maximum Gasteiger partial charge on any atom is 0.164 e. The van der Waals surface area contributed by atoms with Gasteiger partial charge in [0.15, 0.2) is 11.6 Å². The molecule has 0 aliphatic heterocycles. The summed E-state index contributed by atoms with van der Waals surface area (Å²) in [6, 6.07) is 3.87. The number of halogens is 1. The van der Waals surface area contributed by atoms with Crippen LogP contribution >= 0.6 is 0 Å². The minimum atomic E-state index is -0.764. The number of likely N-dealkylation sites (N-methyl/N-ethyl adjacent to an activating group) is 1. The molecular weight excluding hydrogens is 212 g/mol. The zero-order valence-corrected chi connectivity index (χ0v) is 9.27. The molecular formula is C11H16FNO3. The molecule has 16 heavy (non-hydrogen) atoms. The Kier molecular flexibility index (Phi) is 4.67. The third-order valence-electron chi connectivity index (χ3n) is 2.32. The molecule has 0 fully saturated rings. The lowest BCUT2D eigenvalue weighted by Gasteiger charge is -2.21. The van der Waals surface area contributed by atoms with Crippen LogP contribution in [0.25, 0.3) is 0 Å². The lowest BCUT2D eigenvalue weighted by molar-refractivity contribution is -0.0117. The molecule has 2 atom stereocenters. The molecule has 0 bridgehead atoms. The Morgan fingerprint density at radius 1 is 1.50 bits per heavy atom. The van der Waals surface area contributed by atoms with Gasteiger partial charge in [0.25, 0.3) is 0 Å². The summed E-state index contributed by atoms with van der Waals surface area (Å²) in [4.78, 5) is 0. The van der Waals surface area contributed by atoms with E-state index in [1.807, 2.05) is 0 Å². The summed E-state index contributed by atoms with van der Waals surface area (Å²) in [6.45, 7) is 0.344. The van der Waals surface area contributed by atoms with Gasteiger partial charge in [-0.2, -0.15) is 0 Å². The summed E-state index contributed by atoms with van der Waals surface area (Å²) >= 11 is 0. The highest BCUT2D eigenvalue weighted by molar-refractivity contribution is 5.31. The smallest absolute Gasteiger partial charge is 0.164 e. The number of ether oxygens (including phenoxy) is 1. The van der Waals surface area contributed by atoms with Gasteiger partial charge in [0.1, 0.15) is 6.10 Å². The van der Waals surface area contributed by atoms with E-state index >= 15 is 0 Å². The second kappa shape index (κ2) is 5.79. The van der Waals surface area contributed by atoms with E-state index in [1.54, 1.807) is 7.05 Å². The quantitative estimate of drug-likeness (QED) is 0.697. The van der Waals surface area contributed by atoms with Crippen molar-refractivity contribution in [1.82, 2.24) is 5.32 Å². The van der Waals surface area contributed by atoms with Crippen molar-refractivity contribution in [2.45, 2.75) is 12.2 Å². The van der Waals surface area contributed by atoms with E-state index in [4.69, 9.17) is 4.74 Å². The summed E-state index contributed by atoms with van der Waals surface area (Å²) in [5, 5.41) is 21.8. The summed E-state index contributed by atoms with van der Waals surface area (Å²) < 4.78 is 18.0. The summed E-state index contributed by atoms with van der Waals surface area (Å²) in [5.41, 5.74) is 0.532. The molecule has 0 amide bonds. The lowest BCUT2D eigenvalue weighted by atomic mass is 10.0. The number of phenolic OH excluding ortho intramolecular Hbond substituents is 1. The molecule has 0 heterocycles. The largest absolute Gasteiger partial charge is 0.505 e. The fourth-order valence-corrected chi connectivity index (χ4v) is 1.54.